The van der Waals surface area contributed by atoms with Gasteiger partial charge in [-0.2, -0.15) is 18.2 Å². The summed E-state index contributed by atoms with van der Waals surface area (Å²) in [4.78, 5) is 7.73. The fraction of sp³-hybridized carbons (Fsp3) is 0.158. The molecule has 0 radical (unpaired) electrons. The number of para-hydroxylation sites is 1. The number of hydrogen-bond donors (Lipinski definition) is 0. The van der Waals surface area contributed by atoms with Crippen molar-refractivity contribution in [3.63, 3.8) is 0 Å². The van der Waals surface area contributed by atoms with E-state index in [4.69, 9.17) is 16.3 Å². The van der Waals surface area contributed by atoms with Crippen molar-refractivity contribution in [1.29, 1.82) is 0 Å². The molecule has 1 aromatic heterocycles. The number of alkyl halides is 3. The van der Waals surface area contributed by atoms with Crippen molar-refractivity contribution in [2.75, 3.05) is 0 Å². The second-order valence-electron chi connectivity index (χ2n) is 5.62. The molecule has 0 saturated heterocycles. The zero-order valence-corrected chi connectivity index (χ0v) is 15.7. The lowest BCUT2D eigenvalue weighted by Crippen LogP contribution is -2.10. The maximum atomic E-state index is 13.2. The number of aromatic nitrogens is 2. The summed E-state index contributed by atoms with van der Waals surface area (Å²) in [5, 5.41) is 0.502. The summed E-state index contributed by atoms with van der Waals surface area (Å²) in [5.74, 6) is 0.616. The third-order valence-electron chi connectivity index (χ3n) is 3.60. The zero-order valence-electron chi connectivity index (χ0n) is 14.1. The lowest BCUT2D eigenvalue weighted by Gasteiger charge is -2.12. The minimum atomic E-state index is -4.60. The minimum absolute atomic E-state index is 0.0340. The van der Waals surface area contributed by atoms with Crippen LogP contribution in [0.1, 0.15) is 16.8 Å². The summed E-state index contributed by atoms with van der Waals surface area (Å²) in [5.41, 5.74) is 0.518. The third-order valence-corrected chi connectivity index (χ3v) is 4.86. The molecule has 140 valence electrons. The van der Waals surface area contributed by atoms with Gasteiger partial charge in [-0.25, -0.2) is 4.98 Å². The van der Waals surface area contributed by atoms with Crippen LogP contribution in [0.25, 0.3) is 0 Å². The van der Waals surface area contributed by atoms with Gasteiger partial charge < -0.3 is 4.74 Å². The molecule has 0 aliphatic rings. The van der Waals surface area contributed by atoms with E-state index in [1.54, 1.807) is 43.3 Å². The van der Waals surface area contributed by atoms with E-state index in [1.165, 1.54) is 0 Å². The molecule has 0 aliphatic heterocycles. The minimum Gasteiger partial charge on any atom is -0.439 e. The number of hydrogen-bond acceptors (Lipinski definition) is 4. The summed E-state index contributed by atoms with van der Waals surface area (Å²) in [6.45, 7) is 1.80. The summed E-state index contributed by atoms with van der Waals surface area (Å²) in [6.07, 6.45) is -4.60. The number of thioether (sulfide) groups is 1. The maximum Gasteiger partial charge on any atom is 0.433 e. The van der Waals surface area contributed by atoms with Gasteiger partial charge in [-0.3, -0.25) is 0 Å². The highest BCUT2D eigenvalue weighted by atomic mass is 35.5. The standard InChI is InChI=1S/C19H14ClF3N2OS/c1-12-6-2-5-9-15(12)26-17-10-16(19(21,22)23)24-18(25-17)27-11-13-7-3-4-8-14(13)20/h2-10H,11H2,1H3. The Morgan fingerprint density at radius 1 is 1.04 bits per heavy atom. The molecule has 0 atom stereocenters. The number of aryl methyl sites for hydroxylation is 1. The van der Waals surface area contributed by atoms with E-state index in [-0.39, 0.29) is 11.0 Å². The molecule has 3 rings (SSSR count). The highest BCUT2D eigenvalue weighted by Crippen LogP contribution is 2.34. The molecular weight excluding hydrogens is 397 g/mol. The van der Waals surface area contributed by atoms with Gasteiger partial charge in [0.05, 0.1) is 0 Å². The largest absolute Gasteiger partial charge is 0.439 e. The van der Waals surface area contributed by atoms with E-state index in [0.29, 0.717) is 16.5 Å². The van der Waals surface area contributed by atoms with Crippen molar-refractivity contribution >= 4 is 23.4 Å². The smallest absolute Gasteiger partial charge is 0.433 e. The Morgan fingerprint density at radius 2 is 1.74 bits per heavy atom. The van der Waals surface area contributed by atoms with Crippen molar-refractivity contribution < 1.29 is 17.9 Å². The first-order chi connectivity index (χ1) is 12.8. The van der Waals surface area contributed by atoms with Gasteiger partial charge in [0.1, 0.15) is 5.75 Å². The van der Waals surface area contributed by atoms with Crippen LogP contribution in [0, 0.1) is 6.92 Å². The van der Waals surface area contributed by atoms with Crippen LogP contribution in [-0.2, 0) is 11.9 Å². The van der Waals surface area contributed by atoms with Gasteiger partial charge in [0, 0.05) is 16.8 Å². The van der Waals surface area contributed by atoms with Gasteiger partial charge in [-0.1, -0.05) is 59.8 Å². The van der Waals surface area contributed by atoms with Gasteiger partial charge in [0.2, 0.25) is 5.88 Å². The molecule has 0 unspecified atom stereocenters. The van der Waals surface area contributed by atoms with E-state index in [2.05, 4.69) is 9.97 Å². The number of benzene rings is 2. The molecule has 0 bridgehead atoms. The number of halogens is 4. The molecule has 0 fully saturated rings. The van der Waals surface area contributed by atoms with E-state index in [9.17, 15) is 13.2 Å². The Kier molecular flexibility index (Phi) is 5.92. The third kappa shape index (κ3) is 5.14. The van der Waals surface area contributed by atoms with E-state index in [1.807, 2.05) is 12.1 Å². The summed E-state index contributed by atoms with van der Waals surface area (Å²) in [6, 6.07) is 14.9. The van der Waals surface area contributed by atoms with Gasteiger partial charge in [0.15, 0.2) is 10.9 Å². The molecular formula is C19H14ClF3N2OS. The fourth-order valence-corrected chi connectivity index (χ4v) is 3.34. The lowest BCUT2D eigenvalue weighted by atomic mass is 10.2. The van der Waals surface area contributed by atoms with Crippen molar-refractivity contribution in [3.05, 3.63) is 76.4 Å². The molecule has 0 saturated carbocycles. The first kappa shape index (κ1) is 19.5. The highest BCUT2D eigenvalue weighted by molar-refractivity contribution is 7.98. The van der Waals surface area contributed by atoms with Gasteiger partial charge >= 0.3 is 6.18 Å². The molecule has 2 aromatic carbocycles. The molecule has 1 heterocycles. The average molecular weight is 411 g/mol. The monoisotopic (exact) mass is 410 g/mol. The predicted octanol–water partition coefficient (Wildman–Crippen LogP) is 6.54. The first-order valence-corrected chi connectivity index (χ1v) is 9.25. The van der Waals surface area contributed by atoms with Gasteiger partial charge in [-0.15, -0.1) is 0 Å². The second kappa shape index (κ2) is 8.19. The molecule has 8 heteroatoms. The number of ether oxygens (including phenoxy) is 1. The Bertz CT molecular complexity index is 950. The molecule has 0 aliphatic carbocycles. The highest BCUT2D eigenvalue weighted by Gasteiger charge is 2.34. The topological polar surface area (TPSA) is 35.0 Å². The Hall–Kier alpha value is -2.25. The van der Waals surface area contributed by atoms with Gasteiger partial charge in [-0.05, 0) is 30.2 Å². The van der Waals surface area contributed by atoms with Crippen molar-refractivity contribution in [2.24, 2.45) is 0 Å². The predicted molar refractivity (Wildman–Crippen MR) is 99.3 cm³/mol. The SMILES string of the molecule is Cc1ccccc1Oc1cc(C(F)(F)F)nc(SCc2ccccc2Cl)n1. The van der Waals surface area contributed by atoms with Crippen LogP contribution in [0.4, 0.5) is 13.2 Å². The summed E-state index contributed by atoms with van der Waals surface area (Å²) < 4.78 is 45.2. The van der Waals surface area contributed by atoms with E-state index < -0.39 is 11.9 Å². The molecule has 3 nitrogen and oxygen atoms in total. The normalized spacial score (nSPS) is 11.4. The lowest BCUT2D eigenvalue weighted by molar-refractivity contribution is -0.141. The molecule has 3 aromatic rings. The molecule has 0 N–H and O–H groups in total. The molecule has 0 amide bonds. The van der Waals surface area contributed by atoms with Crippen molar-refractivity contribution in [2.45, 2.75) is 24.0 Å². The van der Waals surface area contributed by atoms with E-state index >= 15 is 0 Å². The fourth-order valence-electron chi connectivity index (χ4n) is 2.21. The molecule has 0 spiro atoms. The first-order valence-electron chi connectivity index (χ1n) is 7.89. The molecule has 27 heavy (non-hydrogen) atoms. The van der Waals surface area contributed by atoms with Crippen LogP contribution in [0.5, 0.6) is 11.6 Å². The summed E-state index contributed by atoms with van der Waals surface area (Å²) in [7, 11) is 0. The van der Waals surface area contributed by atoms with Crippen LogP contribution >= 0.6 is 23.4 Å². The number of nitrogens with zero attached hydrogens (tertiary/aromatic N) is 2. The van der Waals surface area contributed by atoms with Gasteiger partial charge in [0.25, 0.3) is 0 Å². The summed E-state index contributed by atoms with van der Waals surface area (Å²) >= 11 is 7.15. The Morgan fingerprint density at radius 3 is 2.44 bits per heavy atom. The second-order valence-corrected chi connectivity index (χ2v) is 6.97. The van der Waals surface area contributed by atoms with Crippen molar-refractivity contribution in [3.8, 4) is 11.6 Å². The van der Waals surface area contributed by atoms with Crippen LogP contribution in [0.15, 0.2) is 59.8 Å². The van der Waals surface area contributed by atoms with Crippen LogP contribution in [0.2, 0.25) is 5.02 Å². The Balaban J connectivity index is 1.89. The zero-order chi connectivity index (χ0) is 19.4. The van der Waals surface area contributed by atoms with Crippen LogP contribution < -0.4 is 4.74 Å². The van der Waals surface area contributed by atoms with Crippen molar-refractivity contribution in [1.82, 2.24) is 9.97 Å². The number of rotatable bonds is 5. The average Bonchev–Trinajstić information content (AvgIpc) is 2.62. The Labute approximate surface area is 163 Å². The van der Waals surface area contributed by atoms with Crippen LogP contribution in [-0.4, -0.2) is 9.97 Å². The quantitative estimate of drug-likeness (QED) is 0.353. The van der Waals surface area contributed by atoms with Crippen LogP contribution in [0.3, 0.4) is 0 Å². The maximum absolute atomic E-state index is 13.2. The van der Waals surface area contributed by atoms with E-state index in [0.717, 1.165) is 29.0 Å².